The second-order valence-corrected chi connectivity index (χ2v) is 19.8. The van der Waals surface area contributed by atoms with Gasteiger partial charge in [-0.2, -0.15) is 0 Å². The second kappa shape index (κ2) is 15.8. The number of hydrogen-bond donors (Lipinski definition) is 0. The quantitative estimate of drug-likeness (QED) is 0.0780. The van der Waals surface area contributed by atoms with Crippen LogP contribution in [0.5, 0.6) is 0 Å². The highest BCUT2D eigenvalue weighted by Crippen LogP contribution is 2.89. The summed E-state index contributed by atoms with van der Waals surface area (Å²) in [6.45, 7) is 19.9. The molecule has 0 bridgehead atoms. The lowest BCUT2D eigenvalue weighted by molar-refractivity contribution is -0.183. The molecule has 0 aromatic carbocycles. The molecule has 0 aliphatic heterocycles. The lowest BCUT2D eigenvalue weighted by atomic mass is 9.41. The van der Waals surface area contributed by atoms with Crippen LogP contribution in [0.15, 0.2) is 11.6 Å². The number of carbonyl (C=O) groups excluding carboxylic acids is 1. The van der Waals surface area contributed by atoms with Gasteiger partial charge in [0.15, 0.2) is 0 Å². The molecule has 0 amide bonds. The zero-order valence-electron chi connectivity index (χ0n) is 33.5. The standard InChI is InChI=1S/C46H80O2/c1-9-10-11-12-13-14-15-16-17-18-19-20-21-25-41(47)48-40-29-31-45-34-46(45)33-32-43(7)37(36(4)24-22-23-35(2)3)28-30-44(43,8)39(46)27-26-38(45)42(40,5)6/h23,36-40H,9-22,24-34H2,1-8H3/t36-,37-,38-,39-,40+,43-,44+,45+,46-/m1/s1. The van der Waals surface area contributed by atoms with Gasteiger partial charge >= 0.3 is 5.97 Å². The fourth-order valence-electron chi connectivity index (χ4n) is 13.8. The molecule has 2 heteroatoms. The summed E-state index contributed by atoms with van der Waals surface area (Å²) >= 11 is 0. The van der Waals surface area contributed by atoms with E-state index in [0.717, 1.165) is 36.5 Å². The van der Waals surface area contributed by atoms with Gasteiger partial charge in [-0.1, -0.05) is 130 Å². The molecule has 2 nitrogen and oxygen atoms in total. The molecule has 2 spiro atoms. The van der Waals surface area contributed by atoms with Crippen LogP contribution in [0.2, 0.25) is 0 Å². The van der Waals surface area contributed by atoms with Gasteiger partial charge in [-0.3, -0.25) is 4.79 Å². The van der Waals surface area contributed by atoms with Crippen molar-refractivity contribution in [2.75, 3.05) is 0 Å². The molecular weight excluding hydrogens is 585 g/mol. The average molecular weight is 665 g/mol. The summed E-state index contributed by atoms with van der Waals surface area (Å²) < 4.78 is 6.41. The maximum Gasteiger partial charge on any atom is 0.306 e. The molecule has 5 rings (SSSR count). The van der Waals surface area contributed by atoms with Gasteiger partial charge in [-0.25, -0.2) is 0 Å². The molecule has 48 heavy (non-hydrogen) atoms. The largest absolute Gasteiger partial charge is 0.462 e. The zero-order chi connectivity index (χ0) is 34.6. The van der Waals surface area contributed by atoms with Crippen molar-refractivity contribution >= 4 is 5.97 Å². The van der Waals surface area contributed by atoms with E-state index < -0.39 is 0 Å². The van der Waals surface area contributed by atoms with Gasteiger partial charge in [-0.05, 0) is 136 Å². The van der Waals surface area contributed by atoms with E-state index in [9.17, 15) is 4.79 Å². The summed E-state index contributed by atoms with van der Waals surface area (Å²) in [4.78, 5) is 13.1. The molecule has 0 N–H and O–H groups in total. The van der Waals surface area contributed by atoms with E-state index in [1.807, 2.05) is 0 Å². The predicted molar refractivity (Wildman–Crippen MR) is 205 cm³/mol. The number of ether oxygens (including phenoxy) is 1. The Morgan fingerprint density at radius 1 is 0.708 bits per heavy atom. The molecule has 0 unspecified atom stereocenters. The normalized spacial score (nSPS) is 38.2. The lowest BCUT2D eigenvalue weighted by Crippen LogP contribution is -2.58. The first-order valence-corrected chi connectivity index (χ1v) is 21.7. The molecule has 276 valence electrons. The average Bonchev–Trinajstić information content (AvgIpc) is 3.62. The van der Waals surface area contributed by atoms with Gasteiger partial charge < -0.3 is 4.74 Å². The molecule has 5 fully saturated rings. The molecule has 0 saturated heterocycles. The van der Waals surface area contributed by atoms with Crippen molar-refractivity contribution < 1.29 is 9.53 Å². The molecular formula is C46H80O2. The third kappa shape index (κ3) is 7.28. The van der Waals surface area contributed by atoms with Crippen LogP contribution in [0.25, 0.3) is 0 Å². The van der Waals surface area contributed by atoms with Gasteiger partial charge in [0.25, 0.3) is 0 Å². The van der Waals surface area contributed by atoms with Crippen LogP contribution in [-0.2, 0) is 9.53 Å². The van der Waals surface area contributed by atoms with Gasteiger partial charge in [0.1, 0.15) is 6.10 Å². The van der Waals surface area contributed by atoms with E-state index >= 15 is 0 Å². The minimum absolute atomic E-state index is 0.0861. The first-order chi connectivity index (χ1) is 22.9. The maximum absolute atomic E-state index is 13.1. The third-order valence-corrected chi connectivity index (χ3v) is 16.7. The van der Waals surface area contributed by atoms with Gasteiger partial charge in [0.2, 0.25) is 0 Å². The molecule has 5 aliphatic rings. The number of allylic oxidation sites excluding steroid dienone is 2. The van der Waals surface area contributed by atoms with Crippen molar-refractivity contribution in [3.05, 3.63) is 11.6 Å². The van der Waals surface area contributed by atoms with Gasteiger partial charge in [0.05, 0.1) is 0 Å². The molecule has 0 aromatic heterocycles. The van der Waals surface area contributed by atoms with Crippen molar-refractivity contribution in [2.45, 2.75) is 222 Å². The summed E-state index contributed by atoms with van der Waals surface area (Å²) in [5.74, 6) is 3.43. The molecule has 5 saturated carbocycles. The number of fused-ring (bicyclic) bond motifs is 2. The summed E-state index contributed by atoms with van der Waals surface area (Å²) in [5.41, 5.74) is 3.66. The Morgan fingerprint density at radius 3 is 1.92 bits per heavy atom. The highest BCUT2D eigenvalue weighted by molar-refractivity contribution is 5.69. The summed E-state index contributed by atoms with van der Waals surface area (Å²) in [5, 5.41) is 0. The Balaban J connectivity index is 1.07. The number of hydrogen-bond acceptors (Lipinski definition) is 2. The fraction of sp³-hybridized carbons (Fsp3) is 0.935. The Morgan fingerprint density at radius 2 is 1.29 bits per heavy atom. The second-order valence-electron chi connectivity index (χ2n) is 19.8. The third-order valence-electron chi connectivity index (χ3n) is 16.7. The van der Waals surface area contributed by atoms with Crippen LogP contribution in [0.4, 0.5) is 0 Å². The Labute approximate surface area is 299 Å². The lowest BCUT2D eigenvalue weighted by Gasteiger charge is -2.63. The van der Waals surface area contributed by atoms with Crippen molar-refractivity contribution in [3.63, 3.8) is 0 Å². The van der Waals surface area contributed by atoms with Gasteiger partial charge in [0, 0.05) is 11.8 Å². The van der Waals surface area contributed by atoms with E-state index in [-0.39, 0.29) is 17.5 Å². The van der Waals surface area contributed by atoms with Crippen molar-refractivity contribution in [1.82, 2.24) is 0 Å². The Bertz CT molecular complexity index is 1080. The molecule has 0 heterocycles. The summed E-state index contributed by atoms with van der Waals surface area (Å²) in [7, 11) is 0. The van der Waals surface area contributed by atoms with Crippen molar-refractivity contribution in [3.8, 4) is 0 Å². The SMILES string of the molecule is CCCCCCCCCCCCCCCC(=O)O[C@H]1CC[C@@]23C[C@@]24CC[C@]2(C)[C@@H]([C@H](C)CCC=C(C)C)CC[C@@]2(C)[C@H]4CC[C@@H]3C1(C)C. The van der Waals surface area contributed by atoms with Crippen LogP contribution in [0.3, 0.4) is 0 Å². The molecule has 5 aliphatic carbocycles. The van der Waals surface area contributed by atoms with E-state index in [0.29, 0.717) is 28.1 Å². The molecule has 0 radical (unpaired) electrons. The van der Waals surface area contributed by atoms with Crippen LogP contribution < -0.4 is 0 Å². The number of unbranched alkanes of at least 4 members (excludes halogenated alkanes) is 12. The minimum Gasteiger partial charge on any atom is -0.462 e. The molecule has 0 aromatic rings. The first kappa shape index (κ1) is 38.4. The van der Waals surface area contributed by atoms with Crippen molar-refractivity contribution in [2.24, 2.45) is 50.7 Å². The van der Waals surface area contributed by atoms with E-state index in [1.165, 1.54) is 147 Å². The summed E-state index contributed by atoms with van der Waals surface area (Å²) in [6, 6.07) is 0. The van der Waals surface area contributed by atoms with Crippen LogP contribution in [0.1, 0.15) is 216 Å². The minimum atomic E-state index is 0.0861. The summed E-state index contributed by atoms with van der Waals surface area (Å²) in [6.07, 6.45) is 35.7. The van der Waals surface area contributed by atoms with Crippen LogP contribution in [-0.4, -0.2) is 12.1 Å². The van der Waals surface area contributed by atoms with Gasteiger partial charge in [-0.15, -0.1) is 0 Å². The number of carbonyl (C=O) groups is 1. The highest BCUT2D eigenvalue weighted by atomic mass is 16.5. The smallest absolute Gasteiger partial charge is 0.306 e. The first-order valence-electron chi connectivity index (χ1n) is 21.7. The Kier molecular flexibility index (Phi) is 12.7. The topological polar surface area (TPSA) is 26.3 Å². The van der Waals surface area contributed by atoms with Crippen LogP contribution in [0, 0.1) is 50.7 Å². The van der Waals surface area contributed by atoms with Crippen LogP contribution >= 0.6 is 0 Å². The van der Waals surface area contributed by atoms with E-state index in [4.69, 9.17) is 4.74 Å². The number of rotatable bonds is 19. The van der Waals surface area contributed by atoms with E-state index in [1.54, 1.807) is 0 Å². The number of esters is 1. The molecule has 9 atom stereocenters. The predicted octanol–water partition coefficient (Wildman–Crippen LogP) is 14.2. The Hall–Kier alpha value is -0.790. The highest BCUT2D eigenvalue weighted by Gasteiger charge is 2.82. The maximum atomic E-state index is 13.1. The monoisotopic (exact) mass is 665 g/mol. The zero-order valence-corrected chi connectivity index (χ0v) is 33.5. The fourth-order valence-corrected chi connectivity index (χ4v) is 13.8. The van der Waals surface area contributed by atoms with Crippen molar-refractivity contribution in [1.29, 1.82) is 0 Å². The van der Waals surface area contributed by atoms with E-state index in [2.05, 4.69) is 61.5 Å².